The van der Waals surface area contributed by atoms with Crippen molar-refractivity contribution in [3.63, 3.8) is 0 Å². The van der Waals surface area contributed by atoms with Gasteiger partial charge >= 0.3 is 0 Å². The van der Waals surface area contributed by atoms with E-state index in [1.165, 1.54) is 18.4 Å². The van der Waals surface area contributed by atoms with Gasteiger partial charge in [-0.05, 0) is 30.9 Å². The summed E-state index contributed by atoms with van der Waals surface area (Å²) >= 11 is 0. The highest BCUT2D eigenvalue weighted by Gasteiger charge is 2.29. The molecule has 0 N–H and O–H groups in total. The van der Waals surface area contributed by atoms with Crippen molar-refractivity contribution in [1.29, 1.82) is 0 Å². The molecule has 5 rings (SSSR count). The van der Waals surface area contributed by atoms with Gasteiger partial charge in [0.1, 0.15) is 0 Å². The van der Waals surface area contributed by atoms with Crippen molar-refractivity contribution >= 4 is 17.3 Å². The number of fused-ring (bicyclic) bond motifs is 1. The smallest absolute Gasteiger partial charge is 0.234 e. The second kappa shape index (κ2) is 5.95. The maximum Gasteiger partial charge on any atom is 0.234 e. The molecular formula is C21H19N5. The normalized spacial score (nSPS) is 13.9. The van der Waals surface area contributed by atoms with Crippen LogP contribution in [0.25, 0.3) is 17.0 Å². The molecule has 26 heavy (non-hydrogen) atoms. The van der Waals surface area contributed by atoms with E-state index in [4.69, 9.17) is 9.97 Å². The number of aromatic nitrogens is 4. The van der Waals surface area contributed by atoms with Gasteiger partial charge in [-0.2, -0.15) is 14.6 Å². The number of nitrogens with zero attached hydrogens (tertiary/aromatic N) is 5. The molecule has 2 aromatic heterocycles. The average molecular weight is 341 g/mol. The van der Waals surface area contributed by atoms with Crippen molar-refractivity contribution in [2.24, 2.45) is 0 Å². The van der Waals surface area contributed by atoms with Gasteiger partial charge in [0.15, 0.2) is 11.5 Å². The molecular weight excluding hydrogens is 322 g/mol. The van der Waals surface area contributed by atoms with Crippen LogP contribution in [0.3, 0.4) is 0 Å². The van der Waals surface area contributed by atoms with E-state index in [0.29, 0.717) is 5.92 Å². The summed E-state index contributed by atoms with van der Waals surface area (Å²) in [6.07, 6.45) is 4.39. The zero-order chi connectivity index (χ0) is 17.5. The second-order valence-corrected chi connectivity index (χ2v) is 6.72. The van der Waals surface area contributed by atoms with Crippen LogP contribution in [0.15, 0.2) is 66.9 Å². The molecule has 1 aliphatic rings. The molecule has 0 atom stereocenters. The van der Waals surface area contributed by atoms with Crippen molar-refractivity contribution in [3.05, 3.63) is 72.4 Å². The molecule has 0 radical (unpaired) electrons. The van der Waals surface area contributed by atoms with Crippen LogP contribution in [0.2, 0.25) is 0 Å². The molecule has 2 heterocycles. The summed E-state index contributed by atoms with van der Waals surface area (Å²) in [6.45, 7) is 0. The number of hydrogen-bond donors (Lipinski definition) is 0. The van der Waals surface area contributed by atoms with Gasteiger partial charge in [0.05, 0.1) is 6.20 Å². The predicted molar refractivity (Wildman–Crippen MR) is 103 cm³/mol. The van der Waals surface area contributed by atoms with Gasteiger partial charge in [-0.25, -0.2) is 4.98 Å². The van der Waals surface area contributed by atoms with Gasteiger partial charge in [-0.15, -0.1) is 0 Å². The van der Waals surface area contributed by atoms with Crippen LogP contribution >= 0.6 is 0 Å². The van der Waals surface area contributed by atoms with E-state index in [1.54, 1.807) is 0 Å². The van der Waals surface area contributed by atoms with Gasteiger partial charge in [0.2, 0.25) is 5.95 Å². The van der Waals surface area contributed by atoms with Gasteiger partial charge < -0.3 is 4.90 Å². The van der Waals surface area contributed by atoms with E-state index in [-0.39, 0.29) is 0 Å². The molecule has 5 heteroatoms. The van der Waals surface area contributed by atoms with Crippen LogP contribution in [0, 0.1) is 0 Å². The Kier molecular flexibility index (Phi) is 3.45. The van der Waals surface area contributed by atoms with Crippen LogP contribution in [-0.4, -0.2) is 26.6 Å². The molecule has 1 fully saturated rings. The molecule has 128 valence electrons. The van der Waals surface area contributed by atoms with E-state index < -0.39 is 0 Å². The molecule has 0 amide bonds. The first kappa shape index (κ1) is 15.1. The molecule has 2 aromatic carbocycles. The Morgan fingerprint density at radius 2 is 1.62 bits per heavy atom. The summed E-state index contributed by atoms with van der Waals surface area (Å²) in [5.74, 6) is 2.09. The monoisotopic (exact) mass is 341 g/mol. The Morgan fingerprint density at radius 3 is 2.31 bits per heavy atom. The summed E-state index contributed by atoms with van der Waals surface area (Å²) < 4.78 is 1.87. The van der Waals surface area contributed by atoms with Crippen LogP contribution < -0.4 is 4.90 Å². The van der Waals surface area contributed by atoms with Gasteiger partial charge in [-0.3, -0.25) is 0 Å². The third-order valence-electron chi connectivity index (χ3n) is 4.87. The maximum atomic E-state index is 4.87. The highest BCUT2D eigenvalue weighted by atomic mass is 15.4. The number of benzene rings is 2. The number of anilines is 2. The predicted octanol–water partition coefficient (Wildman–Crippen LogP) is 4.44. The summed E-state index contributed by atoms with van der Waals surface area (Å²) in [6, 6.07) is 20.3. The third-order valence-corrected chi connectivity index (χ3v) is 4.87. The van der Waals surface area contributed by atoms with Crippen molar-refractivity contribution in [1.82, 2.24) is 19.6 Å². The van der Waals surface area contributed by atoms with Crippen LogP contribution in [0.5, 0.6) is 0 Å². The Hall–Kier alpha value is -3.21. The van der Waals surface area contributed by atoms with E-state index >= 15 is 0 Å². The Balaban J connectivity index is 1.73. The molecule has 0 bridgehead atoms. The van der Waals surface area contributed by atoms with Crippen molar-refractivity contribution in [3.8, 4) is 11.4 Å². The Morgan fingerprint density at radius 1 is 0.923 bits per heavy atom. The minimum Gasteiger partial charge on any atom is -0.313 e. The number of para-hydroxylation sites is 1. The van der Waals surface area contributed by atoms with Gasteiger partial charge in [-0.1, -0.05) is 48.5 Å². The fraction of sp³-hybridized carbons (Fsp3) is 0.190. The molecule has 0 unspecified atom stereocenters. The van der Waals surface area contributed by atoms with E-state index in [1.807, 2.05) is 66.3 Å². The third kappa shape index (κ3) is 2.52. The highest BCUT2D eigenvalue weighted by Crippen LogP contribution is 2.42. The average Bonchev–Trinajstić information content (AvgIpc) is 3.47. The summed E-state index contributed by atoms with van der Waals surface area (Å²) in [7, 11) is 2.02. The minimum atomic E-state index is 0.584. The van der Waals surface area contributed by atoms with E-state index in [2.05, 4.69) is 22.1 Å². The highest BCUT2D eigenvalue weighted by molar-refractivity contribution is 5.66. The Labute approximate surface area is 152 Å². The molecule has 1 aliphatic carbocycles. The largest absolute Gasteiger partial charge is 0.313 e. The van der Waals surface area contributed by atoms with Crippen molar-refractivity contribution < 1.29 is 0 Å². The molecule has 5 nitrogen and oxygen atoms in total. The second-order valence-electron chi connectivity index (χ2n) is 6.72. The summed E-state index contributed by atoms with van der Waals surface area (Å²) in [5.41, 5.74) is 4.22. The zero-order valence-electron chi connectivity index (χ0n) is 14.6. The molecule has 0 saturated heterocycles. The minimum absolute atomic E-state index is 0.584. The van der Waals surface area contributed by atoms with Crippen LogP contribution in [0.1, 0.15) is 24.3 Å². The first-order valence-corrected chi connectivity index (χ1v) is 8.91. The van der Waals surface area contributed by atoms with Crippen molar-refractivity contribution in [2.45, 2.75) is 18.8 Å². The SMILES string of the molecule is CN(c1ccccc1)c1nc(-c2ccccc2)nc2c(C3CC3)cnn12. The van der Waals surface area contributed by atoms with Crippen LogP contribution in [-0.2, 0) is 0 Å². The molecule has 0 aliphatic heterocycles. The lowest BCUT2D eigenvalue weighted by Crippen LogP contribution is -2.17. The fourth-order valence-corrected chi connectivity index (χ4v) is 3.26. The van der Waals surface area contributed by atoms with Crippen LogP contribution in [0.4, 0.5) is 11.6 Å². The molecule has 0 spiro atoms. The zero-order valence-corrected chi connectivity index (χ0v) is 14.6. The van der Waals surface area contributed by atoms with E-state index in [0.717, 1.165) is 28.7 Å². The van der Waals surface area contributed by atoms with E-state index in [9.17, 15) is 0 Å². The van der Waals surface area contributed by atoms with Crippen molar-refractivity contribution in [2.75, 3.05) is 11.9 Å². The topological polar surface area (TPSA) is 46.3 Å². The molecule has 4 aromatic rings. The maximum absolute atomic E-state index is 4.87. The Bertz CT molecular complexity index is 1050. The standard InChI is InChI=1S/C21H19N5/c1-25(17-10-6-3-7-11-17)21-24-19(16-8-4-2-5-9-16)23-20-18(15-12-13-15)14-22-26(20)21/h2-11,14-15H,12-13H2,1H3. The fourth-order valence-electron chi connectivity index (χ4n) is 3.26. The van der Waals surface area contributed by atoms with Gasteiger partial charge in [0, 0.05) is 23.9 Å². The lowest BCUT2D eigenvalue weighted by Gasteiger charge is -2.19. The number of hydrogen-bond acceptors (Lipinski definition) is 4. The quantitative estimate of drug-likeness (QED) is 0.551. The molecule has 1 saturated carbocycles. The number of rotatable bonds is 4. The summed E-state index contributed by atoms with van der Waals surface area (Å²) in [5, 5.41) is 4.61. The first-order valence-electron chi connectivity index (χ1n) is 8.91. The van der Waals surface area contributed by atoms with Gasteiger partial charge in [0.25, 0.3) is 0 Å². The first-order chi connectivity index (χ1) is 12.8. The lowest BCUT2D eigenvalue weighted by atomic mass is 10.2. The summed E-state index contributed by atoms with van der Waals surface area (Å²) in [4.78, 5) is 11.8. The lowest BCUT2D eigenvalue weighted by molar-refractivity contribution is 0.868.